The second-order valence-corrected chi connectivity index (χ2v) is 6.47. The van der Waals surface area contributed by atoms with Gasteiger partial charge in [-0.15, -0.1) is 0 Å². The van der Waals surface area contributed by atoms with Gasteiger partial charge in [0.1, 0.15) is 12.2 Å². The third-order valence-electron chi connectivity index (χ3n) is 5.13. The van der Waals surface area contributed by atoms with Crippen molar-refractivity contribution in [3.8, 4) is 0 Å². The Morgan fingerprint density at radius 2 is 2.00 bits per heavy atom. The highest BCUT2D eigenvalue weighted by Crippen LogP contribution is 2.28. The third-order valence-corrected chi connectivity index (χ3v) is 5.13. The summed E-state index contributed by atoms with van der Waals surface area (Å²) < 4.78 is 2.01. The lowest BCUT2D eigenvalue weighted by atomic mass is 9.84. The number of aromatic nitrogens is 3. The van der Waals surface area contributed by atoms with E-state index in [0.717, 1.165) is 31.6 Å². The molecule has 2 unspecified atom stereocenters. The van der Waals surface area contributed by atoms with Crippen molar-refractivity contribution in [2.75, 3.05) is 13.1 Å². The number of hydrogen-bond acceptors (Lipinski definition) is 4. The largest absolute Gasteiger partial charge is 0.326 e. The molecule has 0 spiro atoms. The van der Waals surface area contributed by atoms with Gasteiger partial charge in [-0.05, 0) is 45.7 Å². The molecule has 2 N–H and O–H groups in total. The SMILES string of the molecule is CCCn1ncnc1CC(N)C(C)(CC)N1CCCCC1. The summed E-state index contributed by atoms with van der Waals surface area (Å²) >= 11 is 0. The smallest absolute Gasteiger partial charge is 0.138 e. The molecule has 1 saturated heterocycles. The predicted octanol–water partition coefficient (Wildman–Crippen LogP) is 2.21. The Balaban J connectivity index is 2.08. The van der Waals surface area contributed by atoms with E-state index in [0.29, 0.717) is 0 Å². The van der Waals surface area contributed by atoms with Gasteiger partial charge < -0.3 is 5.73 Å². The molecule has 1 aliphatic rings. The molecule has 1 aromatic heterocycles. The zero-order valence-electron chi connectivity index (χ0n) is 13.9. The number of piperidine rings is 1. The minimum Gasteiger partial charge on any atom is -0.326 e. The second-order valence-electron chi connectivity index (χ2n) is 6.47. The monoisotopic (exact) mass is 293 g/mol. The Morgan fingerprint density at radius 3 is 2.62 bits per heavy atom. The van der Waals surface area contributed by atoms with Gasteiger partial charge in [0.15, 0.2) is 0 Å². The summed E-state index contributed by atoms with van der Waals surface area (Å²) in [5.74, 6) is 1.03. The van der Waals surface area contributed by atoms with Crippen LogP contribution >= 0.6 is 0 Å². The van der Waals surface area contributed by atoms with Crippen LogP contribution in [0.25, 0.3) is 0 Å². The standard InChI is InChI=1S/C16H31N5/c1-4-9-21-15(18-13-19-21)12-14(17)16(3,5-2)20-10-7-6-8-11-20/h13-14H,4-12,17H2,1-3H3. The average Bonchev–Trinajstić information content (AvgIpc) is 2.95. The first kappa shape index (κ1) is 16.4. The van der Waals surface area contributed by atoms with Crippen molar-refractivity contribution in [2.45, 2.75) is 77.4 Å². The van der Waals surface area contributed by atoms with E-state index in [9.17, 15) is 0 Å². The lowest BCUT2D eigenvalue weighted by molar-refractivity contribution is 0.0538. The first-order valence-electron chi connectivity index (χ1n) is 8.49. The van der Waals surface area contributed by atoms with Crippen LogP contribution < -0.4 is 5.73 Å². The van der Waals surface area contributed by atoms with Crippen molar-refractivity contribution in [3.05, 3.63) is 12.2 Å². The summed E-state index contributed by atoms with van der Waals surface area (Å²) in [4.78, 5) is 7.02. The van der Waals surface area contributed by atoms with Crippen LogP contribution in [0, 0.1) is 0 Å². The maximum Gasteiger partial charge on any atom is 0.138 e. The number of aryl methyl sites for hydroxylation is 1. The molecule has 2 heterocycles. The summed E-state index contributed by atoms with van der Waals surface area (Å²) in [6, 6.07) is 0.0976. The average molecular weight is 293 g/mol. The number of hydrogen-bond donors (Lipinski definition) is 1. The maximum absolute atomic E-state index is 6.63. The van der Waals surface area contributed by atoms with Crippen molar-refractivity contribution in [1.29, 1.82) is 0 Å². The van der Waals surface area contributed by atoms with E-state index in [1.54, 1.807) is 6.33 Å². The zero-order valence-corrected chi connectivity index (χ0v) is 13.9. The number of likely N-dealkylation sites (tertiary alicyclic amines) is 1. The topological polar surface area (TPSA) is 60.0 Å². The van der Waals surface area contributed by atoms with Gasteiger partial charge in [0.05, 0.1) is 0 Å². The van der Waals surface area contributed by atoms with Gasteiger partial charge in [-0.3, -0.25) is 9.58 Å². The Labute approximate surface area is 128 Å². The van der Waals surface area contributed by atoms with E-state index in [-0.39, 0.29) is 11.6 Å². The van der Waals surface area contributed by atoms with Gasteiger partial charge in [-0.2, -0.15) is 5.10 Å². The normalized spacial score (nSPS) is 21.1. The number of rotatable bonds is 7. The molecule has 0 radical (unpaired) electrons. The lowest BCUT2D eigenvalue weighted by Crippen LogP contribution is -2.60. The van der Waals surface area contributed by atoms with E-state index < -0.39 is 0 Å². The summed E-state index contributed by atoms with van der Waals surface area (Å²) in [6.45, 7) is 10.0. The highest BCUT2D eigenvalue weighted by Gasteiger charge is 2.37. The van der Waals surface area contributed by atoms with Gasteiger partial charge in [0.25, 0.3) is 0 Å². The summed E-state index contributed by atoms with van der Waals surface area (Å²) in [6.07, 6.45) is 8.57. The molecule has 0 amide bonds. The molecular weight excluding hydrogens is 262 g/mol. The van der Waals surface area contributed by atoms with Crippen molar-refractivity contribution in [1.82, 2.24) is 19.7 Å². The molecule has 5 heteroatoms. The minimum absolute atomic E-state index is 0.0589. The van der Waals surface area contributed by atoms with Crippen LogP contribution in [0.2, 0.25) is 0 Å². The fraction of sp³-hybridized carbons (Fsp3) is 0.875. The summed E-state index contributed by atoms with van der Waals surface area (Å²) in [5, 5.41) is 4.32. The Bertz CT molecular complexity index is 424. The first-order chi connectivity index (χ1) is 10.1. The Morgan fingerprint density at radius 1 is 1.29 bits per heavy atom. The van der Waals surface area contributed by atoms with Crippen molar-refractivity contribution in [3.63, 3.8) is 0 Å². The highest BCUT2D eigenvalue weighted by atomic mass is 15.3. The van der Waals surface area contributed by atoms with Crippen LogP contribution in [0.3, 0.4) is 0 Å². The quantitative estimate of drug-likeness (QED) is 0.837. The molecule has 0 bridgehead atoms. The predicted molar refractivity (Wildman–Crippen MR) is 86.1 cm³/mol. The van der Waals surface area contributed by atoms with Crippen molar-refractivity contribution in [2.24, 2.45) is 5.73 Å². The molecule has 120 valence electrons. The molecule has 0 saturated carbocycles. The summed E-state index contributed by atoms with van der Waals surface area (Å²) in [7, 11) is 0. The van der Waals surface area contributed by atoms with Gasteiger partial charge in [-0.1, -0.05) is 20.3 Å². The third kappa shape index (κ3) is 3.64. The molecule has 21 heavy (non-hydrogen) atoms. The van der Waals surface area contributed by atoms with E-state index in [2.05, 4.69) is 35.8 Å². The van der Waals surface area contributed by atoms with Gasteiger partial charge in [-0.25, -0.2) is 4.98 Å². The fourth-order valence-corrected chi connectivity index (χ4v) is 3.39. The van der Waals surface area contributed by atoms with Gasteiger partial charge in [0, 0.05) is 24.5 Å². The van der Waals surface area contributed by atoms with Crippen molar-refractivity contribution < 1.29 is 0 Å². The lowest BCUT2D eigenvalue weighted by Gasteiger charge is -2.46. The molecular formula is C16H31N5. The van der Waals surface area contributed by atoms with Crippen LogP contribution in [0.4, 0.5) is 0 Å². The first-order valence-corrected chi connectivity index (χ1v) is 8.49. The zero-order chi connectivity index (χ0) is 15.3. The van der Waals surface area contributed by atoms with Crippen LogP contribution in [-0.2, 0) is 13.0 Å². The molecule has 2 atom stereocenters. The van der Waals surface area contributed by atoms with E-state index in [1.165, 1.54) is 32.4 Å². The second kappa shape index (κ2) is 7.36. The van der Waals surface area contributed by atoms with E-state index >= 15 is 0 Å². The highest BCUT2D eigenvalue weighted by molar-refractivity contribution is 5.01. The van der Waals surface area contributed by atoms with E-state index in [1.807, 2.05) is 4.68 Å². The molecule has 0 aromatic carbocycles. The number of nitrogens with two attached hydrogens (primary N) is 1. The molecule has 1 aliphatic heterocycles. The van der Waals surface area contributed by atoms with Crippen LogP contribution in [-0.4, -0.2) is 44.3 Å². The van der Waals surface area contributed by atoms with Gasteiger partial charge >= 0.3 is 0 Å². The Kier molecular flexibility index (Phi) is 5.76. The fourth-order valence-electron chi connectivity index (χ4n) is 3.39. The summed E-state index contributed by atoms with van der Waals surface area (Å²) in [5.41, 5.74) is 6.69. The molecule has 1 fully saturated rings. The van der Waals surface area contributed by atoms with Crippen LogP contribution in [0.5, 0.6) is 0 Å². The molecule has 2 rings (SSSR count). The van der Waals surface area contributed by atoms with E-state index in [4.69, 9.17) is 5.73 Å². The minimum atomic E-state index is 0.0589. The number of nitrogens with zero attached hydrogens (tertiary/aromatic N) is 4. The molecule has 0 aliphatic carbocycles. The Hall–Kier alpha value is -0.940. The molecule has 1 aromatic rings. The molecule has 5 nitrogen and oxygen atoms in total. The van der Waals surface area contributed by atoms with Crippen LogP contribution in [0.1, 0.15) is 58.7 Å². The maximum atomic E-state index is 6.63. The van der Waals surface area contributed by atoms with Crippen molar-refractivity contribution >= 4 is 0 Å². The van der Waals surface area contributed by atoms with Gasteiger partial charge in [0.2, 0.25) is 0 Å². The van der Waals surface area contributed by atoms with Crippen LogP contribution in [0.15, 0.2) is 6.33 Å².